The van der Waals surface area contributed by atoms with Gasteiger partial charge in [0.15, 0.2) is 5.82 Å². The van der Waals surface area contributed by atoms with Crippen molar-refractivity contribution in [3.05, 3.63) is 30.6 Å². The Hall–Kier alpha value is -1.84. The minimum atomic E-state index is 0.700. The molecule has 0 bridgehead atoms. The van der Waals surface area contributed by atoms with Gasteiger partial charge in [0.05, 0.1) is 7.11 Å². The van der Waals surface area contributed by atoms with Crippen molar-refractivity contribution >= 4 is 0 Å². The summed E-state index contributed by atoms with van der Waals surface area (Å²) in [7, 11) is 3.52. The molecule has 0 saturated carbocycles. The maximum Gasteiger partial charge on any atom is 0.163 e. The molecule has 0 fully saturated rings. The van der Waals surface area contributed by atoms with Crippen molar-refractivity contribution in [2.24, 2.45) is 7.05 Å². The first-order chi connectivity index (χ1) is 6.81. The summed E-state index contributed by atoms with van der Waals surface area (Å²) >= 11 is 0. The van der Waals surface area contributed by atoms with Gasteiger partial charge < -0.3 is 9.30 Å². The second-order valence-corrected chi connectivity index (χ2v) is 2.91. The van der Waals surface area contributed by atoms with Crippen LogP contribution in [0.2, 0.25) is 0 Å². The van der Waals surface area contributed by atoms with Crippen molar-refractivity contribution in [3.63, 3.8) is 0 Å². The Kier molecular flexibility index (Phi) is 2.18. The fourth-order valence-electron chi connectivity index (χ4n) is 1.25. The lowest BCUT2D eigenvalue weighted by molar-refractivity contribution is 0.414. The van der Waals surface area contributed by atoms with Gasteiger partial charge in [0.2, 0.25) is 0 Å². The standard InChI is InChI=1S/C10H10N3O/c1-13-7-11-12-10(13)8-4-3-5-9(6-8)14-2/h3-4,6-7H,1-2H3. The average molecular weight is 188 g/mol. The lowest BCUT2D eigenvalue weighted by Crippen LogP contribution is -1.91. The zero-order valence-corrected chi connectivity index (χ0v) is 8.06. The van der Waals surface area contributed by atoms with E-state index < -0.39 is 0 Å². The second kappa shape index (κ2) is 3.49. The summed E-state index contributed by atoms with van der Waals surface area (Å²) < 4.78 is 6.94. The number of ether oxygens (including phenoxy) is 1. The Balaban J connectivity index is 2.47. The van der Waals surface area contributed by atoms with Crippen molar-refractivity contribution in [1.82, 2.24) is 14.8 Å². The van der Waals surface area contributed by atoms with Crippen molar-refractivity contribution < 1.29 is 4.74 Å². The Morgan fingerprint density at radius 3 is 3.00 bits per heavy atom. The summed E-state index contributed by atoms with van der Waals surface area (Å²) in [5.74, 6) is 1.52. The van der Waals surface area contributed by atoms with E-state index in [2.05, 4.69) is 16.3 Å². The molecular formula is C10H10N3O. The fourth-order valence-corrected chi connectivity index (χ4v) is 1.25. The Morgan fingerprint density at radius 2 is 2.36 bits per heavy atom. The summed E-state index contributed by atoms with van der Waals surface area (Å²) in [6.45, 7) is 0. The van der Waals surface area contributed by atoms with Crippen LogP contribution < -0.4 is 4.74 Å². The van der Waals surface area contributed by atoms with Gasteiger partial charge in [0.25, 0.3) is 0 Å². The number of hydrogen-bond donors (Lipinski definition) is 0. The molecule has 0 amide bonds. The predicted octanol–water partition coefficient (Wildman–Crippen LogP) is 1.29. The third kappa shape index (κ3) is 1.46. The molecule has 0 saturated heterocycles. The van der Waals surface area contributed by atoms with Crippen molar-refractivity contribution in [3.8, 4) is 17.1 Å². The van der Waals surface area contributed by atoms with Gasteiger partial charge in [-0.15, -0.1) is 10.2 Å². The topological polar surface area (TPSA) is 39.9 Å². The van der Waals surface area contributed by atoms with Crippen LogP contribution in [0.4, 0.5) is 0 Å². The lowest BCUT2D eigenvalue weighted by Gasteiger charge is -2.02. The van der Waals surface area contributed by atoms with Gasteiger partial charge in [-0.3, -0.25) is 0 Å². The van der Waals surface area contributed by atoms with Crippen LogP contribution in [0.3, 0.4) is 0 Å². The first kappa shape index (κ1) is 8.74. The highest BCUT2D eigenvalue weighted by Gasteiger charge is 2.04. The normalized spacial score (nSPS) is 10.1. The molecule has 0 atom stereocenters. The molecule has 1 aromatic carbocycles. The lowest BCUT2D eigenvalue weighted by atomic mass is 10.2. The van der Waals surface area contributed by atoms with E-state index in [4.69, 9.17) is 4.74 Å². The summed E-state index contributed by atoms with van der Waals surface area (Å²) in [6.07, 6.45) is 1.67. The molecule has 4 heteroatoms. The number of methoxy groups -OCH3 is 1. The van der Waals surface area contributed by atoms with E-state index in [0.29, 0.717) is 5.75 Å². The molecule has 0 aliphatic carbocycles. The van der Waals surface area contributed by atoms with Crippen molar-refractivity contribution in [2.45, 2.75) is 0 Å². The molecule has 2 rings (SSSR count). The smallest absolute Gasteiger partial charge is 0.163 e. The van der Waals surface area contributed by atoms with E-state index in [1.165, 1.54) is 0 Å². The highest BCUT2D eigenvalue weighted by molar-refractivity contribution is 5.57. The van der Waals surface area contributed by atoms with Crippen LogP contribution in [0.15, 0.2) is 24.5 Å². The summed E-state index contributed by atoms with van der Waals surface area (Å²) in [6, 6.07) is 8.57. The molecule has 2 aromatic rings. The first-order valence-corrected chi connectivity index (χ1v) is 4.21. The minimum absolute atomic E-state index is 0.700. The molecular weight excluding hydrogens is 178 g/mol. The third-order valence-corrected chi connectivity index (χ3v) is 1.96. The van der Waals surface area contributed by atoms with Crippen LogP contribution in [0.1, 0.15) is 0 Å². The molecule has 1 radical (unpaired) electrons. The molecule has 0 spiro atoms. The third-order valence-electron chi connectivity index (χ3n) is 1.96. The van der Waals surface area contributed by atoms with Crippen LogP contribution >= 0.6 is 0 Å². The Bertz CT molecular complexity index is 436. The van der Waals surface area contributed by atoms with Gasteiger partial charge in [-0.25, -0.2) is 0 Å². The van der Waals surface area contributed by atoms with Gasteiger partial charge in [0.1, 0.15) is 12.1 Å². The van der Waals surface area contributed by atoms with Gasteiger partial charge >= 0.3 is 0 Å². The second-order valence-electron chi connectivity index (χ2n) is 2.91. The van der Waals surface area contributed by atoms with E-state index in [1.807, 2.05) is 29.8 Å². The molecule has 0 aliphatic heterocycles. The van der Waals surface area contributed by atoms with Gasteiger partial charge in [-0.2, -0.15) is 0 Å². The zero-order chi connectivity index (χ0) is 9.97. The van der Waals surface area contributed by atoms with Crippen LogP contribution in [-0.2, 0) is 7.05 Å². The summed E-state index contributed by atoms with van der Waals surface area (Å²) in [5.41, 5.74) is 0.973. The van der Waals surface area contributed by atoms with E-state index in [1.54, 1.807) is 13.4 Å². The quantitative estimate of drug-likeness (QED) is 0.713. The van der Waals surface area contributed by atoms with E-state index in [9.17, 15) is 0 Å². The largest absolute Gasteiger partial charge is 0.496 e. The summed E-state index contributed by atoms with van der Waals surface area (Å²) in [4.78, 5) is 0. The Morgan fingerprint density at radius 1 is 1.50 bits per heavy atom. The van der Waals surface area contributed by atoms with Crippen LogP contribution in [0.5, 0.6) is 5.75 Å². The van der Waals surface area contributed by atoms with Gasteiger partial charge in [-0.05, 0) is 12.1 Å². The number of aromatic nitrogens is 3. The van der Waals surface area contributed by atoms with Crippen molar-refractivity contribution in [1.29, 1.82) is 0 Å². The van der Waals surface area contributed by atoms with E-state index in [0.717, 1.165) is 11.4 Å². The number of nitrogens with zero attached hydrogens (tertiary/aromatic N) is 3. The van der Waals surface area contributed by atoms with Crippen LogP contribution in [-0.4, -0.2) is 21.9 Å². The zero-order valence-electron chi connectivity index (χ0n) is 8.06. The molecule has 71 valence electrons. The average Bonchev–Trinajstić information content (AvgIpc) is 2.65. The number of rotatable bonds is 2. The predicted molar refractivity (Wildman–Crippen MR) is 51.8 cm³/mol. The van der Waals surface area contributed by atoms with Gasteiger partial charge in [-0.1, -0.05) is 6.07 Å². The highest BCUT2D eigenvalue weighted by Crippen LogP contribution is 2.20. The molecule has 0 aliphatic rings. The van der Waals surface area contributed by atoms with Crippen LogP contribution in [0, 0.1) is 6.07 Å². The molecule has 0 N–H and O–H groups in total. The summed E-state index contributed by atoms with van der Waals surface area (Å²) in [5, 5.41) is 7.82. The maximum atomic E-state index is 5.08. The fraction of sp³-hybridized carbons (Fsp3) is 0.200. The number of hydrogen-bond acceptors (Lipinski definition) is 3. The SMILES string of the molecule is COc1[c]ccc(-c2nncn2C)c1. The molecule has 1 heterocycles. The molecule has 0 unspecified atom stereocenters. The number of benzene rings is 1. The monoisotopic (exact) mass is 188 g/mol. The maximum absolute atomic E-state index is 5.08. The van der Waals surface area contributed by atoms with E-state index >= 15 is 0 Å². The van der Waals surface area contributed by atoms with Crippen LogP contribution in [0.25, 0.3) is 11.4 Å². The minimum Gasteiger partial charge on any atom is -0.496 e. The molecule has 14 heavy (non-hydrogen) atoms. The van der Waals surface area contributed by atoms with Gasteiger partial charge in [0, 0.05) is 18.7 Å². The van der Waals surface area contributed by atoms with E-state index in [-0.39, 0.29) is 0 Å². The van der Waals surface area contributed by atoms with Crippen molar-refractivity contribution in [2.75, 3.05) is 7.11 Å². The molecule has 4 nitrogen and oxygen atoms in total. The number of aryl methyl sites for hydroxylation is 1. The molecule has 1 aromatic heterocycles. The Labute approximate surface area is 82.2 Å². The first-order valence-electron chi connectivity index (χ1n) is 4.21. The highest BCUT2D eigenvalue weighted by atomic mass is 16.5.